The standard InChI is InChI=1S/C6H11NOS/c7-9-6(8)5-3-1-2-4-5/h5H,1-4,7H2. The smallest absolute Gasteiger partial charge is 0.206 e. The summed E-state index contributed by atoms with van der Waals surface area (Å²) in [7, 11) is 0. The van der Waals surface area contributed by atoms with Gasteiger partial charge in [-0.25, -0.2) is 0 Å². The Balaban J connectivity index is 2.32. The van der Waals surface area contributed by atoms with Crippen molar-refractivity contribution < 1.29 is 4.79 Å². The van der Waals surface area contributed by atoms with Gasteiger partial charge in [0.15, 0.2) is 0 Å². The Kier molecular flexibility index (Phi) is 2.54. The molecule has 1 aliphatic rings. The van der Waals surface area contributed by atoms with Gasteiger partial charge in [0.1, 0.15) is 0 Å². The van der Waals surface area contributed by atoms with Crippen molar-refractivity contribution in [2.75, 3.05) is 0 Å². The minimum atomic E-state index is 0.174. The molecule has 0 aromatic rings. The summed E-state index contributed by atoms with van der Waals surface area (Å²) in [5.74, 6) is 0.278. The number of carbonyl (C=O) groups is 1. The predicted octanol–water partition coefficient (Wildman–Crippen LogP) is 1.31. The SMILES string of the molecule is NSC(=O)C1CCCC1. The van der Waals surface area contributed by atoms with Gasteiger partial charge in [-0.2, -0.15) is 0 Å². The third-order valence-corrected chi connectivity index (χ3v) is 2.37. The first-order chi connectivity index (χ1) is 4.34. The molecule has 0 radical (unpaired) electrons. The van der Waals surface area contributed by atoms with Crippen molar-refractivity contribution in [3.63, 3.8) is 0 Å². The molecule has 0 aromatic heterocycles. The summed E-state index contributed by atoms with van der Waals surface area (Å²) in [6.07, 6.45) is 4.53. The maximum absolute atomic E-state index is 10.9. The molecule has 0 saturated heterocycles. The molecule has 0 amide bonds. The van der Waals surface area contributed by atoms with E-state index < -0.39 is 0 Å². The van der Waals surface area contributed by atoms with Crippen molar-refractivity contribution >= 4 is 17.1 Å². The van der Waals surface area contributed by atoms with Gasteiger partial charge in [-0.15, -0.1) is 0 Å². The fourth-order valence-electron chi connectivity index (χ4n) is 1.26. The molecule has 0 aromatic carbocycles. The van der Waals surface area contributed by atoms with Crippen LogP contribution in [0, 0.1) is 5.92 Å². The van der Waals surface area contributed by atoms with Crippen LogP contribution in [-0.4, -0.2) is 5.12 Å². The van der Waals surface area contributed by atoms with E-state index in [1.165, 1.54) is 12.8 Å². The Morgan fingerprint density at radius 2 is 2.00 bits per heavy atom. The van der Waals surface area contributed by atoms with Crippen molar-refractivity contribution in [2.24, 2.45) is 11.1 Å². The van der Waals surface area contributed by atoms with Gasteiger partial charge in [-0.1, -0.05) is 12.8 Å². The molecule has 1 fully saturated rings. The Bertz CT molecular complexity index is 110. The van der Waals surface area contributed by atoms with Crippen molar-refractivity contribution in [1.82, 2.24) is 0 Å². The van der Waals surface area contributed by atoms with E-state index in [1.54, 1.807) is 0 Å². The van der Waals surface area contributed by atoms with Crippen molar-refractivity contribution in [2.45, 2.75) is 25.7 Å². The van der Waals surface area contributed by atoms with E-state index in [0.29, 0.717) is 0 Å². The lowest BCUT2D eigenvalue weighted by Crippen LogP contribution is -2.07. The van der Waals surface area contributed by atoms with Gasteiger partial charge in [0.2, 0.25) is 5.12 Å². The first-order valence-electron chi connectivity index (χ1n) is 3.25. The zero-order valence-electron chi connectivity index (χ0n) is 5.30. The molecular formula is C6H11NOS. The largest absolute Gasteiger partial charge is 0.286 e. The van der Waals surface area contributed by atoms with Crippen molar-refractivity contribution in [1.29, 1.82) is 0 Å². The molecule has 0 bridgehead atoms. The third-order valence-electron chi connectivity index (χ3n) is 1.80. The number of rotatable bonds is 1. The normalized spacial score (nSPS) is 20.6. The molecule has 3 heteroatoms. The van der Waals surface area contributed by atoms with E-state index in [1.807, 2.05) is 0 Å². The Hall–Kier alpha value is -0.0200. The summed E-state index contributed by atoms with van der Waals surface area (Å²) in [5.41, 5.74) is 0. The molecule has 1 aliphatic carbocycles. The molecule has 0 spiro atoms. The molecule has 9 heavy (non-hydrogen) atoms. The molecule has 0 unspecified atom stereocenters. The maximum Gasteiger partial charge on any atom is 0.206 e. The molecule has 1 saturated carbocycles. The van der Waals surface area contributed by atoms with E-state index in [-0.39, 0.29) is 11.0 Å². The van der Waals surface area contributed by atoms with Gasteiger partial charge in [-0.3, -0.25) is 9.93 Å². The number of hydrogen-bond acceptors (Lipinski definition) is 3. The van der Waals surface area contributed by atoms with Gasteiger partial charge < -0.3 is 0 Å². The highest BCUT2D eigenvalue weighted by atomic mass is 32.2. The molecule has 1 rings (SSSR count). The van der Waals surface area contributed by atoms with Gasteiger partial charge in [0.25, 0.3) is 0 Å². The zero-order valence-corrected chi connectivity index (χ0v) is 6.12. The van der Waals surface area contributed by atoms with Crippen LogP contribution in [0.25, 0.3) is 0 Å². The van der Waals surface area contributed by atoms with Crippen LogP contribution in [-0.2, 0) is 4.79 Å². The number of carbonyl (C=O) groups excluding carboxylic acids is 1. The summed E-state index contributed by atoms with van der Waals surface area (Å²) in [6.45, 7) is 0. The average molecular weight is 145 g/mol. The highest BCUT2D eigenvalue weighted by Crippen LogP contribution is 2.27. The van der Waals surface area contributed by atoms with Crippen LogP contribution >= 0.6 is 11.9 Å². The quantitative estimate of drug-likeness (QED) is 0.566. The van der Waals surface area contributed by atoms with E-state index in [2.05, 4.69) is 0 Å². The Labute approximate surface area is 59.3 Å². The van der Waals surface area contributed by atoms with Crippen LogP contribution in [0.4, 0.5) is 0 Å². The van der Waals surface area contributed by atoms with Crippen LogP contribution in [0.3, 0.4) is 0 Å². The van der Waals surface area contributed by atoms with Crippen LogP contribution in [0.5, 0.6) is 0 Å². The van der Waals surface area contributed by atoms with E-state index >= 15 is 0 Å². The van der Waals surface area contributed by atoms with Crippen LogP contribution in [0.1, 0.15) is 25.7 Å². The Morgan fingerprint density at radius 3 is 2.44 bits per heavy atom. The molecule has 0 heterocycles. The second-order valence-electron chi connectivity index (χ2n) is 2.42. The monoisotopic (exact) mass is 145 g/mol. The maximum atomic E-state index is 10.9. The predicted molar refractivity (Wildman–Crippen MR) is 38.7 cm³/mol. The van der Waals surface area contributed by atoms with Gasteiger partial charge >= 0.3 is 0 Å². The lowest BCUT2D eigenvalue weighted by atomic mass is 10.1. The van der Waals surface area contributed by atoms with E-state index in [9.17, 15) is 4.79 Å². The molecule has 2 nitrogen and oxygen atoms in total. The second kappa shape index (κ2) is 3.22. The molecular weight excluding hydrogens is 134 g/mol. The molecule has 0 aliphatic heterocycles. The lowest BCUT2D eigenvalue weighted by Gasteiger charge is -2.01. The minimum absolute atomic E-state index is 0.174. The molecule has 2 N–H and O–H groups in total. The highest BCUT2D eigenvalue weighted by Gasteiger charge is 2.21. The molecule has 0 atom stereocenters. The van der Waals surface area contributed by atoms with Gasteiger partial charge in [-0.05, 0) is 24.8 Å². The van der Waals surface area contributed by atoms with Crippen LogP contribution in [0.15, 0.2) is 0 Å². The van der Waals surface area contributed by atoms with Crippen molar-refractivity contribution in [3.05, 3.63) is 0 Å². The summed E-state index contributed by atoms with van der Waals surface area (Å²) >= 11 is 0.883. The molecule has 52 valence electrons. The highest BCUT2D eigenvalue weighted by molar-refractivity contribution is 8.11. The summed E-state index contributed by atoms with van der Waals surface area (Å²) in [6, 6.07) is 0. The van der Waals surface area contributed by atoms with E-state index in [0.717, 1.165) is 24.8 Å². The van der Waals surface area contributed by atoms with Gasteiger partial charge in [0.05, 0.1) is 0 Å². The number of hydrogen-bond donors (Lipinski definition) is 1. The minimum Gasteiger partial charge on any atom is -0.286 e. The van der Waals surface area contributed by atoms with Crippen LogP contribution < -0.4 is 5.14 Å². The lowest BCUT2D eigenvalue weighted by molar-refractivity contribution is -0.114. The third kappa shape index (κ3) is 1.69. The topological polar surface area (TPSA) is 43.1 Å². The summed E-state index contributed by atoms with van der Waals surface area (Å²) in [5, 5.41) is 5.29. The fourth-order valence-corrected chi connectivity index (χ4v) is 1.69. The first kappa shape index (κ1) is 7.09. The van der Waals surface area contributed by atoms with Crippen molar-refractivity contribution in [3.8, 4) is 0 Å². The fraction of sp³-hybridized carbons (Fsp3) is 0.833. The van der Waals surface area contributed by atoms with E-state index in [4.69, 9.17) is 5.14 Å². The van der Waals surface area contributed by atoms with Gasteiger partial charge in [0, 0.05) is 5.92 Å². The summed E-state index contributed by atoms with van der Waals surface area (Å²) < 4.78 is 0. The zero-order chi connectivity index (χ0) is 6.69. The Morgan fingerprint density at radius 1 is 1.44 bits per heavy atom. The number of nitrogens with two attached hydrogens (primary N) is 1. The second-order valence-corrected chi connectivity index (χ2v) is 3.06. The first-order valence-corrected chi connectivity index (χ1v) is 4.13. The van der Waals surface area contributed by atoms with Crippen LogP contribution in [0.2, 0.25) is 0 Å². The average Bonchev–Trinajstić information content (AvgIpc) is 2.37. The summed E-state index contributed by atoms with van der Waals surface area (Å²) in [4.78, 5) is 10.9.